The van der Waals surface area contributed by atoms with Crippen LogP contribution >= 0.6 is 0 Å². The second-order valence-electron chi connectivity index (χ2n) is 5.74. The van der Waals surface area contributed by atoms with Gasteiger partial charge in [-0.1, -0.05) is 0 Å². The number of carboxylic acid groups (broad SMARTS) is 1. The van der Waals surface area contributed by atoms with Gasteiger partial charge in [-0.05, 0) is 30.7 Å². The van der Waals surface area contributed by atoms with E-state index in [-0.39, 0.29) is 18.9 Å². The maximum atomic E-state index is 12.5. The summed E-state index contributed by atoms with van der Waals surface area (Å²) in [6, 6.07) is 7.18. The number of carbonyl (C=O) groups is 2. The van der Waals surface area contributed by atoms with Crippen molar-refractivity contribution in [2.45, 2.75) is 18.4 Å². The summed E-state index contributed by atoms with van der Waals surface area (Å²) in [7, 11) is 1.58. The Morgan fingerprint density at radius 1 is 1.43 bits per heavy atom. The zero-order chi connectivity index (χ0) is 16.4. The third-order valence-corrected chi connectivity index (χ3v) is 4.04. The quantitative estimate of drug-likeness (QED) is 0.776. The Labute approximate surface area is 132 Å². The molecule has 1 aliphatic heterocycles. The van der Waals surface area contributed by atoms with E-state index in [1.54, 1.807) is 19.2 Å². The molecule has 122 valence electrons. The first kappa shape index (κ1) is 15.4. The number of rotatable bonds is 5. The van der Waals surface area contributed by atoms with E-state index in [0.717, 1.165) is 10.9 Å². The second kappa shape index (κ2) is 5.92. The average Bonchev–Trinajstić information content (AvgIpc) is 3.12. The number of aromatic nitrogens is 1. The summed E-state index contributed by atoms with van der Waals surface area (Å²) in [5.74, 6) is -0.598. The Kier molecular flexibility index (Phi) is 3.96. The molecule has 1 atom stereocenters. The van der Waals surface area contributed by atoms with Gasteiger partial charge in [0.2, 0.25) is 0 Å². The van der Waals surface area contributed by atoms with Gasteiger partial charge in [-0.3, -0.25) is 9.59 Å². The molecular weight excluding hydrogens is 300 g/mol. The fourth-order valence-electron chi connectivity index (χ4n) is 2.85. The SMILES string of the molecule is COc1ccc2[nH]c(C(=O)NC3(CC(=O)O)CCOC3)cc2c1. The van der Waals surface area contributed by atoms with E-state index in [1.165, 1.54) is 0 Å². The fourth-order valence-corrected chi connectivity index (χ4v) is 2.85. The number of amides is 1. The van der Waals surface area contributed by atoms with Crippen LogP contribution < -0.4 is 10.1 Å². The van der Waals surface area contributed by atoms with E-state index in [4.69, 9.17) is 14.6 Å². The van der Waals surface area contributed by atoms with Gasteiger partial charge in [0, 0.05) is 17.5 Å². The highest BCUT2D eigenvalue weighted by Gasteiger charge is 2.39. The summed E-state index contributed by atoms with van der Waals surface area (Å²) in [5.41, 5.74) is 0.341. The lowest BCUT2D eigenvalue weighted by Gasteiger charge is -2.26. The van der Waals surface area contributed by atoms with Crippen molar-refractivity contribution in [3.63, 3.8) is 0 Å². The molecule has 23 heavy (non-hydrogen) atoms. The van der Waals surface area contributed by atoms with Crippen LogP contribution in [0.15, 0.2) is 24.3 Å². The van der Waals surface area contributed by atoms with Crippen LogP contribution in [0.1, 0.15) is 23.3 Å². The van der Waals surface area contributed by atoms with Crippen LogP contribution in [-0.4, -0.2) is 47.8 Å². The summed E-state index contributed by atoms with van der Waals surface area (Å²) < 4.78 is 10.4. The molecule has 0 spiro atoms. The first-order chi connectivity index (χ1) is 11.0. The number of fused-ring (bicyclic) bond motifs is 1. The van der Waals surface area contributed by atoms with Crippen molar-refractivity contribution in [3.05, 3.63) is 30.0 Å². The van der Waals surface area contributed by atoms with Crippen molar-refractivity contribution in [1.29, 1.82) is 0 Å². The van der Waals surface area contributed by atoms with Gasteiger partial charge in [0.25, 0.3) is 5.91 Å². The van der Waals surface area contributed by atoms with Crippen LogP contribution in [0.25, 0.3) is 10.9 Å². The molecule has 7 heteroatoms. The lowest BCUT2D eigenvalue weighted by Crippen LogP contribution is -2.50. The van der Waals surface area contributed by atoms with E-state index in [9.17, 15) is 9.59 Å². The number of aliphatic carboxylic acids is 1. The minimum atomic E-state index is -0.961. The number of hydrogen-bond acceptors (Lipinski definition) is 4. The third kappa shape index (κ3) is 3.14. The van der Waals surface area contributed by atoms with Gasteiger partial charge in [0.1, 0.15) is 11.4 Å². The highest BCUT2D eigenvalue weighted by molar-refractivity contribution is 5.98. The largest absolute Gasteiger partial charge is 0.497 e. The number of benzene rings is 1. The van der Waals surface area contributed by atoms with Crippen molar-refractivity contribution < 1.29 is 24.2 Å². The molecule has 1 aliphatic rings. The van der Waals surface area contributed by atoms with Crippen molar-refractivity contribution in [1.82, 2.24) is 10.3 Å². The lowest BCUT2D eigenvalue weighted by molar-refractivity contribution is -0.138. The molecule has 0 saturated carbocycles. The van der Waals surface area contributed by atoms with Gasteiger partial charge in [0.15, 0.2) is 0 Å². The Bertz CT molecular complexity index is 746. The summed E-state index contributed by atoms with van der Waals surface area (Å²) in [4.78, 5) is 26.6. The fraction of sp³-hybridized carbons (Fsp3) is 0.375. The summed E-state index contributed by atoms with van der Waals surface area (Å²) >= 11 is 0. The van der Waals surface area contributed by atoms with Gasteiger partial charge >= 0.3 is 5.97 Å². The summed E-state index contributed by atoms with van der Waals surface area (Å²) in [6.45, 7) is 0.649. The topological polar surface area (TPSA) is 101 Å². The van der Waals surface area contributed by atoms with Crippen LogP contribution in [0.2, 0.25) is 0 Å². The van der Waals surface area contributed by atoms with Crippen molar-refractivity contribution in [3.8, 4) is 5.75 Å². The normalized spacial score (nSPS) is 20.6. The highest BCUT2D eigenvalue weighted by atomic mass is 16.5. The predicted octanol–water partition coefficient (Wildman–Crippen LogP) is 1.54. The molecule has 0 radical (unpaired) electrons. The number of aromatic amines is 1. The van der Waals surface area contributed by atoms with Crippen LogP contribution in [0.3, 0.4) is 0 Å². The smallest absolute Gasteiger partial charge is 0.305 e. The molecule has 0 aliphatic carbocycles. The van der Waals surface area contributed by atoms with Crippen LogP contribution in [0.4, 0.5) is 0 Å². The molecule has 1 amide bonds. The van der Waals surface area contributed by atoms with E-state index in [2.05, 4.69) is 10.3 Å². The van der Waals surface area contributed by atoms with E-state index < -0.39 is 11.5 Å². The Morgan fingerprint density at radius 2 is 2.26 bits per heavy atom. The van der Waals surface area contributed by atoms with E-state index in [0.29, 0.717) is 24.5 Å². The molecule has 1 unspecified atom stereocenters. The van der Waals surface area contributed by atoms with Crippen LogP contribution in [0, 0.1) is 0 Å². The van der Waals surface area contributed by atoms with Crippen LogP contribution in [-0.2, 0) is 9.53 Å². The minimum Gasteiger partial charge on any atom is -0.497 e. The lowest BCUT2D eigenvalue weighted by atomic mass is 9.94. The number of carboxylic acids is 1. The Balaban J connectivity index is 1.83. The van der Waals surface area contributed by atoms with Gasteiger partial charge in [-0.25, -0.2) is 0 Å². The monoisotopic (exact) mass is 318 g/mol. The van der Waals surface area contributed by atoms with Gasteiger partial charge in [-0.2, -0.15) is 0 Å². The summed E-state index contributed by atoms with van der Waals surface area (Å²) in [6.07, 6.45) is 0.325. The molecule has 1 saturated heterocycles. The zero-order valence-electron chi connectivity index (χ0n) is 12.7. The molecule has 3 N–H and O–H groups in total. The average molecular weight is 318 g/mol. The highest BCUT2D eigenvalue weighted by Crippen LogP contribution is 2.25. The van der Waals surface area contributed by atoms with Gasteiger partial charge < -0.3 is 24.9 Å². The molecule has 3 rings (SSSR count). The van der Waals surface area contributed by atoms with Crippen molar-refractivity contribution in [2.24, 2.45) is 0 Å². The molecule has 1 aromatic heterocycles. The number of methoxy groups -OCH3 is 1. The number of nitrogens with one attached hydrogen (secondary N) is 2. The standard InChI is InChI=1S/C16H18N2O5/c1-22-11-2-3-12-10(6-11)7-13(17-12)15(21)18-16(8-14(19)20)4-5-23-9-16/h2-3,6-7,17H,4-5,8-9H2,1H3,(H,18,21)(H,19,20). The minimum absolute atomic E-state index is 0.160. The first-order valence-electron chi connectivity index (χ1n) is 7.30. The molecule has 2 heterocycles. The van der Waals surface area contributed by atoms with Crippen LogP contribution in [0.5, 0.6) is 5.75 Å². The zero-order valence-corrected chi connectivity index (χ0v) is 12.7. The second-order valence-corrected chi connectivity index (χ2v) is 5.74. The number of ether oxygens (including phenoxy) is 2. The maximum Gasteiger partial charge on any atom is 0.305 e. The molecular formula is C16H18N2O5. The van der Waals surface area contributed by atoms with Gasteiger partial charge in [-0.15, -0.1) is 0 Å². The Morgan fingerprint density at radius 3 is 2.91 bits per heavy atom. The van der Waals surface area contributed by atoms with Crippen molar-refractivity contribution >= 4 is 22.8 Å². The van der Waals surface area contributed by atoms with Gasteiger partial charge in [0.05, 0.1) is 25.7 Å². The maximum absolute atomic E-state index is 12.5. The number of hydrogen-bond donors (Lipinski definition) is 3. The molecule has 1 aromatic carbocycles. The van der Waals surface area contributed by atoms with Crippen molar-refractivity contribution in [2.75, 3.05) is 20.3 Å². The molecule has 1 fully saturated rings. The third-order valence-electron chi connectivity index (χ3n) is 4.04. The molecule has 2 aromatic rings. The Hall–Kier alpha value is -2.54. The number of H-pyrrole nitrogens is 1. The molecule has 0 bridgehead atoms. The number of carbonyl (C=O) groups excluding carboxylic acids is 1. The first-order valence-corrected chi connectivity index (χ1v) is 7.30. The van der Waals surface area contributed by atoms with E-state index >= 15 is 0 Å². The van der Waals surface area contributed by atoms with E-state index in [1.807, 2.05) is 12.1 Å². The molecule has 7 nitrogen and oxygen atoms in total. The summed E-state index contributed by atoms with van der Waals surface area (Å²) in [5, 5.41) is 12.7. The predicted molar refractivity (Wildman–Crippen MR) is 82.7 cm³/mol.